The number of sulfone groups is 2. The Hall–Kier alpha value is -4.55. The number of hydroxylamine groups is 2. The van der Waals surface area contributed by atoms with Gasteiger partial charge in [0.15, 0.2) is 35.5 Å². The summed E-state index contributed by atoms with van der Waals surface area (Å²) in [6, 6.07) is 27.1. The van der Waals surface area contributed by atoms with Gasteiger partial charge in [-0.05, 0) is 123 Å². The highest BCUT2D eigenvalue weighted by Crippen LogP contribution is 2.39. The monoisotopic (exact) mass is 1140 g/mol. The van der Waals surface area contributed by atoms with Crippen LogP contribution in [0, 0.1) is 0 Å². The van der Waals surface area contributed by atoms with Gasteiger partial charge in [-0.3, -0.25) is 14.8 Å². The maximum atomic E-state index is 14.1. The molecule has 3 fully saturated rings. The lowest BCUT2D eigenvalue weighted by Gasteiger charge is -2.40. The first-order valence-electron chi connectivity index (χ1n) is 25.6. The molecular formula is C55H73ClF4N4O11S2. The number of aryl methyl sites for hydroxylation is 2. The minimum atomic E-state index is -4.11. The predicted octanol–water partition coefficient (Wildman–Crippen LogP) is 8.89. The van der Waals surface area contributed by atoms with E-state index in [4.69, 9.17) is 19.0 Å². The van der Waals surface area contributed by atoms with E-state index < -0.39 is 59.1 Å². The number of carbonyl (C=O) groups is 2. The van der Waals surface area contributed by atoms with Crippen molar-refractivity contribution in [3.05, 3.63) is 108 Å². The predicted molar refractivity (Wildman–Crippen MR) is 287 cm³/mol. The van der Waals surface area contributed by atoms with Crippen LogP contribution in [0.3, 0.4) is 0 Å². The Labute approximate surface area is 456 Å². The first-order valence-corrected chi connectivity index (χ1v) is 28.6. The Bertz CT molecular complexity index is 2710. The molecule has 426 valence electrons. The highest BCUT2D eigenvalue weighted by molar-refractivity contribution is 7.94. The molecule has 0 aromatic heterocycles. The molecule has 0 aliphatic carbocycles. The molecular weight excluding hydrogens is 1070 g/mol. The van der Waals surface area contributed by atoms with E-state index in [0.29, 0.717) is 65.5 Å². The molecule has 3 N–H and O–H groups in total. The second-order valence-electron chi connectivity index (χ2n) is 20.0. The van der Waals surface area contributed by atoms with E-state index in [2.05, 4.69) is 10.4 Å². The first kappa shape index (κ1) is 63.3. The van der Waals surface area contributed by atoms with Crippen LogP contribution >= 0.6 is 12.4 Å². The smallest absolute Gasteiger partial charge is 0.265 e. The number of carbonyl (C=O) groups excluding carboxylic acids is 2. The fourth-order valence-electron chi connectivity index (χ4n) is 9.63. The van der Waals surface area contributed by atoms with Gasteiger partial charge in [0.05, 0.1) is 23.0 Å². The molecule has 15 nitrogen and oxygen atoms in total. The summed E-state index contributed by atoms with van der Waals surface area (Å²) in [6.45, 7) is 6.23. The quantitative estimate of drug-likeness (QED) is 0.0385. The van der Waals surface area contributed by atoms with Crippen LogP contribution < -0.4 is 11.0 Å². The molecule has 3 heterocycles. The zero-order valence-electron chi connectivity index (χ0n) is 44.1. The van der Waals surface area contributed by atoms with Crippen molar-refractivity contribution in [2.45, 2.75) is 122 Å². The molecule has 0 bridgehead atoms. The standard InChI is InChI=1S/C30H40F2N2O6S.C25H32F2N2O5S.ClH/c1-29(31,32)15-14-23-6-8-24(9-7-23)25-10-12-26(13-11-25)41(36,37)30(16-18-34(19-17-30)20-22-38-2)28(35)33-40-27-5-3-4-21-39-27;1-24(26,27)12-11-19-3-5-20(6-4-19)21-7-9-22(10-8-21)35(32,33)25(23(30)28-31)13-15-29(16-14-25)17-18-34-2;/h6-13,27H,3-5,14-22H2,1-2H3,(H,33,35);3-10,31H,11-18H2,1-2H3,(H,28,30);1H. The lowest BCUT2D eigenvalue weighted by atomic mass is 9.95. The Morgan fingerprint density at radius 3 is 1.31 bits per heavy atom. The van der Waals surface area contributed by atoms with Crippen molar-refractivity contribution >= 4 is 43.9 Å². The molecule has 0 saturated carbocycles. The van der Waals surface area contributed by atoms with Crippen molar-refractivity contribution in [1.29, 1.82) is 0 Å². The molecule has 77 heavy (non-hydrogen) atoms. The second kappa shape index (κ2) is 28.0. The minimum Gasteiger partial charge on any atom is -0.383 e. The van der Waals surface area contributed by atoms with Gasteiger partial charge < -0.3 is 24.0 Å². The van der Waals surface area contributed by atoms with Crippen molar-refractivity contribution in [3.8, 4) is 22.3 Å². The van der Waals surface area contributed by atoms with Crippen LogP contribution in [-0.2, 0) is 61.2 Å². The molecule has 3 aliphatic rings. The number of amides is 2. The van der Waals surface area contributed by atoms with E-state index in [-0.39, 0.29) is 73.6 Å². The second-order valence-corrected chi connectivity index (χ2v) is 24.6. The number of halogens is 5. The van der Waals surface area contributed by atoms with E-state index in [1.54, 1.807) is 68.2 Å². The zero-order valence-corrected chi connectivity index (χ0v) is 46.6. The van der Waals surface area contributed by atoms with Crippen LogP contribution in [0.1, 0.15) is 82.8 Å². The summed E-state index contributed by atoms with van der Waals surface area (Å²) in [5, 5.41) is 9.33. The van der Waals surface area contributed by atoms with Crippen molar-refractivity contribution in [2.24, 2.45) is 0 Å². The molecule has 3 saturated heterocycles. The molecule has 1 unspecified atom stereocenters. The molecule has 4 aromatic rings. The highest BCUT2D eigenvalue weighted by atomic mass is 35.5. The molecule has 4 aromatic carbocycles. The number of alkyl halides is 4. The third-order valence-electron chi connectivity index (χ3n) is 14.5. The van der Waals surface area contributed by atoms with Gasteiger partial charge >= 0.3 is 0 Å². The summed E-state index contributed by atoms with van der Waals surface area (Å²) < 4.78 is 120. The number of nitrogens with zero attached hydrogens (tertiary/aromatic N) is 2. The Kier molecular flexibility index (Phi) is 23.0. The van der Waals surface area contributed by atoms with Gasteiger partial charge in [0.1, 0.15) is 0 Å². The fourth-order valence-corrected chi connectivity index (χ4v) is 13.5. The van der Waals surface area contributed by atoms with Crippen LogP contribution in [0.15, 0.2) is 107 Å². The molecule has 22 heteroatoms. The van der Waals surface area contributed by atoms with E-state index in [1.807, 2.05) is 29.2 Å². The molecule has 1 atom stereocenters. The molecule has 0 spiro atoms. The summed E-state index contributed by atoms with van der Waals surface area (Å²) in [5.74, 6) is -7.05. The molecule has 3 aliphatic heterocycles. The third kappa shape index (κ3) is 16.5. The normalized spacial score (nSPS) is 18.3. The summed E-state index contributed by atoms with van der Waals surface area (Å²) in [4.78, 5) is 35.9. The Morgan fingerprint density at radius 2 is 0.987 bits per heavy atom. The summed E-state index contributed by atoms with van der Waals surface area (Å²) in [7, 11) is -5.01. The van der Waals surface area contributed by atoms with Gasteiger partial charge in [0.25, 0.3) is 11.8 Å². The zero-order chi connectivity index (χ0) is 55.2. The van der Waals surface area contributed by atoms with Crippen molar-refractivity contribution < 1.29 is 68.2 Å². The maximum Gasteiger partial charge on any atom is 0.265 e. The highest BCUT2D eigenvalue weighted by Gasteiger charge is 2.54. The summed E-state index contributed by atoms with van der Waals surface area (Å²) in [5.41, 5.74) is 8.77. The number of hydrogen-bond donors (Lipinski definition) is 3. The topological polar surface area (TPSA) is 190 Å². The van der Waals surface area contributed by atoms with Crippen molar-refractivity contribution in [2.75, 3.05) is 73.3 Å². The van der Waals surface area contributed by atoms with Gasteiger partial charge in [0.2, 0.25) is 11.8 Å². The van der Waals surface area contributed by atoms with Crippen LogP contribution in [0.4, 0.5) is 17.6 Å². The van der Waals surface area contributed by atoms with Crippen LogP contribution in [0.2, 0.25) is 0 Å². The first-order chi connectivity index (χ1) is 36.1. The molecule has 0 radical (unpaired) electrons. The SMILES string of the molecule is COCCN1CCC(C(=O)NO)(S(=O)(=O)c2ccc(-c3ccc(CCC(C)(F)F)cc3)cc2)CC1.COCCN1CCC(C(=O)NOC2CCCCO2)(S(=O)(=O)c2ccc(-c3ccc(CCC(C)(F)F)cc3)cc2)CC1.Cl. The van der Waals surface area contributed by atoms with Gasteiger partial charge in [0, 0.05) is 79.4 Å². The van der Waals surface area contributed by atoms with Crippen molar-refractivity contribution in [1.82, 2.24) is 20.8 Å². The van der Waals surface area contributed by atoms with E-state index in [1.165, 1.54) is 24.3 Å². The maximum absolute atomic E-state index is 14.1. The average molecular weight is 1140 g/mol. The lowest BCUT2D eigenvalue weighted by molar-refractivity contribution is -0.202. The van der Waals surface area contributed by atoms with Gasteiger partial charge in [-0.25, -0.2) is 50.2 Å². The number of ether oxygens (including phenoxy) is 3. The van der Waals surface area contributed by atoms with Gasteiger partial charge in [-0.2, -0.15) is 0 Å². The van der Waals surface area contributed by atoms with Crippen LogP contribution in [0.5, 0.6) is 0 Å². The van der Waals surface area contributed by atoms with E-state index >= 15 is 0 Å². The number of nitrogens with one attached hydrogen (secondary N) is 2. The molecule has 2 amide bonds. The number of rotatable bonds is 22. The number of benzene rings is 4. The van der Waals surface area contributed by atoms with Crippen LogP contribution in [-0.4, -0.2) is 145 Å². The largest absolute Gasteiger partial charge is 0.383 e. The third-order valence-corrected chi connectivity index (χ3v) is 19.6. The Morgan fingerprint density at radius 1 is 0.623 bits per heavy atom. The summed E-state index contributed by atoms with van der Waals surface area (Å²) in [6.07, 6.45) is 2.24. The van der Waals surface area contributed by atoms with Gasteiger partial charge in [-0.15, -0.1) is 12.4 Å². The fraction of sp³-hybridized carbons (Fsp3) is 0.527. The van der Waals surface area contributed by atoms with Gasteiger partial charge in [-0.1, -0.05) is 72.8 Å². The number of likely N-dealkylation sites (tertiary alicyclic amines) is 2. The number of piperidine rings is 2. The number of methoxy groups -OCH3 is 2. The van der Waals surface area contributed by atoms with Crippen LogP contribution in [0.25, 0.3) is 22.3 Å². The molecule has 7 rings (SSSR count). The van der Waals surface area contributed by atoms with E-state index in [0.717, 1.165) is 60.1 Å². The minimum absolute atomic E-state index is 0. The number of hydrogen-bond acceptors (Lipinski definition) is 13. The van der Waals surface area contributed by atoms with E-state index in [9.17, 15) is 49.2 Å². The average Bonchev–Trinajstić information content (AvgIpc) is 3.43. The van der Waals surface area contributed by atoms with Crippen molar-refractivity contribution in [3.63, 3.8) is 0 Å². The lowest BCUT2D eigenvalue weighted by Crippen LogP contribution is -2.58. The summed E-state index contributed by atoms with van der Waals surface area (Å²) >= 11 is 0. The Balaban J connectivity index is 0.000000284.